The van der Waals surface area contributed by atoms with Crippen molar-refractivity contribution in [3.05, 3.63) is 83.6 Å². The number of para-hydroxylation sites is 2. The van der Waals surface area contributed by atoms with E-state index in [1.807, 2.05) is 44.2 Å². The molecule has 0 saturated heterocycles. The zero-order chi connectivity index (χ0) is 24.2. The van der Waals surface area contributed by atoms with E-state index in [1.54, 1.807) is 36.4 Å². The largest absolute Gasteiger partial charge is 0.493 e. The number of carbonyl (C=O) groups excluding carboxylic acids is 2. The lowest BCUT2D eigenvalue weighted by molar-refractivity contribution is -0.120. The molecule has 174 valence electrons. The number of anilines is 2. The van der Waals surface area contributed by atoms with Crippen LogP contribution >= 0.6 is 0 Å². The SMILES string of the molecule is CCOc1ccccc1NC1=C(c2ccc(OC)c(OC)c2)C(=O)N(c2cccc(C)c2)C1=O. The first-order chi connectivity index (χ1) is 16.5. The molecule has 7 heteroatoms. The summed E-state index contributed by atoms with van der Waals surface area (Å²) in [6.45, 7) is 4.26. The Hall–Kier alpha value is -4.26. The second-order valence-electron chi connectivity index (χ2n) is 7.66. The molecule has 0 spiro atoms. The van der Waals surface area contributed by atoms with Crippen molar-refractivity contribution in [1.82, 2.24) is 0 Å². The molecule has 0 atom stereocenters. The molecule has 0 fully saturated rings. The summed E-state index contributed by atoms with van der Waals surface area (Å²) in [6.07, 6.45) is 0. The lowest BCUT2D eigenvalue weighted by atomic mass is 10.0. The quantitative estimate of drug-likeness (QED) is 0.489. The molecule has 2 amide bonds. The van der Waals surface area contributed by atoms with Crippen LogP contribution in [0, 0.1) is 6.92 Å². The molecular formula is C27H26N2O5. The number of carbonyl (C=O) groups is 2. The lowest BCUT2D eigenvalue weighted by Gasteiger charge is -2.16. The van der Waals surface area contributed by atoms with Crippen molar-refractivity contribution in [3.8, 4) is 17.2 Å². The van der Waals surface area contributed by atoms with Crippen LogP contribution in [0.1, 0.15) is 18.1 Å². The number of benzene rings is 3. The van der Waals surface area contributed by atoms with Crippen LogP contribution in [0.15, 0.2) is 72.4 Å². The number of methoxy groups -OCH3 is 2. The minimum absolute atomic E-state index is 0.158. The van der Waals surface area contributed by atoms with Gasteiger partial charge in [-0.1, -0.05) is 30.3 Å². The van der Waals surface area contributed by atoms with Gasteiger partial charge in [0.05, 0.1) is 37.8 Å². The standard InChI is InChI=1S/C27H26N2O5/c1-5-34-21-12-7-6-11-20(21)28-25-24(18-13-14-22(32-3)23(16-18)33-4)26(30)29(27(25)31)19-10-8-9-17(2)15-19/h6-16,28H,5H2,1-4H3. The molecule has 34 heavy (non-hydrogen) atoms. The normalized spacial score (nSPS) is 13.4. The van der Waals surface area contributed by atoms with Gasteiger partial charge >= 0.3 is 0 Å². The first-order valence-corrected chi connectivity index (χ1v) is 10.9. The summed E-state index contributed by atoms with van der Waals surface area (Å²) in [5, 5.41) is 3.17. The van der Waals surface area contributed by atoms with Gasteiger partial charge in [-0.05, 0) is 61.4 Å². The molecule has 0 unspecified atom stereocenters. The van der Waals surface area contributed by atoms with Crippen molar-refractivity contribution >= 4 is 28.8 Å². The number of rotatable bonds is 8. The molecule has 0 saturated carbocycles. The van der Waals surface area contributed by atoms with Gasteiger partial charge in [0.25, 0.3) is 11.8 Å². The first-order valence-electron chi connectivity index (χ1n) is 10.9. The van der Waals surface area contributed by atoms with Gasteiger partial charge in [-0.3, -0.25) is 9.59 Å². The maximum absolute atomic E-state index is 13.7. The summed E-state index contributed by atoms with van der Waals surface area (Å²) in [5.41, 5.74) is 2.95. The van der Waals surface area contributed by atoms with Gasteiger partial charge in [0.1, 0.15) is 11.4 Å². The van der Waals surface area contributed by atoms with Gasteiger partial charge in [-0.15, -0.1) is 0 Å². The minimum atomic E-state index is -0.452. The Balaban J connectivity index is 1.87. The Kier molecular flexibility index (Phi) is 6.54. The number of nitrogens with zero attached hydrogens (tertiary/aromatic N) is 1. The Morgan fingerprint density at radius 2 is 1.59 bits per heavy atom. The van der Waals surface area contributed by atoms with Gasteiger partial charge in [0.15, 0.2) is 11.5 Å². The predicted octanol–water partition coefficient (Wildman–Crippen LogP) is 4.81. The van der Waals surface area contributed by atoms with Crippen molar-refractivity contribution in [1.29, 1.82) is 0 Å². The van der Waals surface area contributed by atoms with Gasteiger partial charge in [0, 0.05) is 0 Å². The van der Waals surface area contributed by atoms with Crippen molar-refractivity contribution in [2.24, 2.45) is 0 Å². The van der Waals surface area contributed by atoms with E-state index in [9.17, 15) is 9.59 Å². The fourth-order valence-corrected chi connectivity index (χ4v) is 3.89. The highest BCUT2D eigenvalue weighted by Gasteiger charge is 2.40. The molecule has 3 aromatic carbocycles. The van der Waals surface area contributed by atoms with E-state index >= 15 is 0 Å². The maximum atomic E-state index is 13.7. The molecule has 3 aromatic rings. The van der Waals surface area contributed by atoms with E-state index in [0.29, 0.717) is 40.8 Å². The number of hydrogen-bond donors (Lipinski definition) is 1. The molecular weight excluding hydrogens is 432 g/mol. The van der Waals surface area contributed by atoms with Crippen LogP contribution < -0.4 is 24.4 Å². The van der Waals surface area contributed by atoms with E-state index < -0.39 is 11.8 Å². The number of imide groups is 1. The predicted molar refractivity (Wildman–Crippen MR) is 131 cm³/mol. The third kappa shape index (κ3) is 4.20. The van der Waals surface area contributed by atoms with Gasteiger partial charge < -0.3 is 19.5 Å². The smallest absolute Gasteiger partial charge is 0.282 e. The monoisotopic (exact) mass is 458 g/mol. The number of nitrogens with one attached hydrogen (secondary N) is 1. The van der Waals surface area contributed by atoms with Crippen molar-refractivity contribution in [2.75, 3.05) is 31.0 Å². The lowest BCUT2D eigenvalue weighted by Crippen LogP contribution is -2.32. The Morgan fingerprint density at radius 1 is 0.824 bits per heavy atom. The summed E-state index contributed by atoms with van der Waals surface area (Å²) in [7, 11) is 3.06. The van der Waals surface area contributed by atoms with Crippen LogP contribution in [-0.4, -0.2) is 32.6 Å². The van der Waals surface area contributed by atoms with Crippen LogP contribution in [-0.2, 0) is 9.59 Å². The first kappa shape index (κ1) is 22.9. The number of hydrogen-bond acceptors (Lipinski definition) is 6. The van der Waals surface area contributed by atoms with Crippen LogP contribution in [0.4, 0.5) is 11.4 Å². The zero-order valence-electron chi connectivity index (χ0n) is 19.5. The molecule has 7 nitrogen and oxygen atoms in total. The third-order valence-electron chi connectivity index (χ3n) is 5.46. The summed E-state index contributed by atoms with van der Waals surface area (Å²) in [6, 6.07) is 19.7. The molecule has 0 aromatic heterocycles. The Bertz CT molecular complexity index is 1280. The van der Waals surface area contributed by atoms with Crippen LogP contribution in [0.3, 0.4) is 0 Å². The number of amides is 2. The van der Waals surface area contributed by atoms with E-state index in [1.165, 1.54) is 19.1 Å². The number of ether oxygens (including phenoxy) is 3. The zero-order valence-corrected chi connectivity index (χ0v) is 19.5. The summed E-state index contributed by atoms with van der Waals surface area (Å²) >= 11 is 0. The second-order valence-corrected chi connectivity index (χ2v) is 7.66. The molecule has 4 rings (SSSR count). The van der Waals surface area contributed by atoms with E-state index in [-0.39, 0.29) is 11.3 Å². The van der Waals surface area contributed by atoms with Crippen LogP contribution in [0.5, 0.6) is 17.2 Å². The van der Waals surface area contributed by atoms with Gasteiger partial charge in [0.2, 0.25) is 0 Å². The average molecular weight is 459 g/mol. The fourth-order valence-electron chi connectivity index (χ4n) is 3.89. The summed E-state index contributed by atoms with van der Waals surface area (Å²) in [4.78, 5) is 28.5. The van der Waals surface area contributed by atoms with Crippen molar-refractivity contribution < 1.29 is 23.8 Å². The highest BCUT2D eigenvalue weighted by molar-refractivity contribution is 6.46. The van der Waals surface area contributed by atoms with E-state index in [0.717, 1.165) is 5.56 Å². The molecule has 1 aliphatic rings. The van der Waals surface area contributed by atoms with Crippen LogP contribution in [0.2, 0.25) is 0 Å². The highest BCUT2D eigenvalue weighted by atomic mass is 16.5. The summed E-state index contributed by atoms with van der Waals surface area (Å²) in [5.74, 6) is 0.676. The van der Waals surface area contributed by atoms with Crippen LogP contribution in [0.25, 0.3) is 5.57 Å². The second kappa shape index (κ2) is 9.70. The molecule has 1 N–H and O–H groups in total. The minimum Gasteiger partial charge on any atom is -0.493 e. The van der Waals surface area contributed by atoms with Gasteiger partial charge in [-0.2, -0.15) is 0 Å². The van der Waals surface area contributed by atoms with Crippen molar-refractivity contribution in [2.45, 2.75) is 13.8 Å². The molecule has 1 aliphatic heterocycles. The highest BCUT2D eigenvalue weighted by Crippen LogP contribution is 2.38. The molecule has 1 heterocycles. The van der Waals surface area contributed by atoms with Crippen molar-refractivity contribution in [3.63, 3.8) is 0 Å². The molecule has 0 bridgehead atoms. The maximum Gasteiger partial charge on any atom is 0.282 e. The fraction of sp³-hybridized carbons (Fsp3) is 0.185. The third-order valence-corrected chi connectivity index (χ3v) is 5.46. The molecule has 0 radical (unpaired) electrons. The topological polar surface area (TPSA) is 77.1 Å². The Labute approximate surface area is 198 Å². The van der Waals surface area contributed by atoms with Gasteiger partial charge in [-0.25, -0.2) is 4.90 Å². The summed E-state index contributed by atoms with van der Waals surface area (Å²) < 4.78 is 16.5. The van der Waals surface area contributed by atoms with E-state index in [4.69, 9.17) is 14.2 Å². The number of aryl methyl sites for hydroxylation is 1. The molecule has 0 aliphatic carbocycles. The van der Waals surface area contributed by atoms with E-state index in [2.05, 4.69) is 5.32 Å². The Morgan fingerprint density at radius 3 is 2.29 bits per heavy atom. The average Bonchev–Trinajstić information content (AvgIpc) is 3.09.